The highest BCUT2D eigenvalue weighted by Crippen LogP contribution is 2.37. The molecule has 0 amide bonds. The molecule has 0 radical (unpaired) electrons. The highest BCUT2D eigenvalue weighted by atomic mass is 35.5. The van der Waals surface area contributed by atoms with Crippen LogP contribution in [0.1, 0.15) is 18.1 Å². The van der Waals surface area contributed by atoms with Gasteiger partial charge in [0.2, 0.25) is 0 Å². The Labute approximate surface area is 140 Å². The maximum Gasteiger partial charge on any atom is 0.146 e. The second kappa shape index (κ2) is 8.09. The number of halogens is 1. The molecule has 0 aliphatic rings. The van der Waals surface area contributed by atoms with Crippen LogP contribution >= 0.6 is 23.4 Å². The number of rotatable bonds is 6. The molecule has 2 aromatic carbocycles. The second-order valence-corrected chi connectivity index (χ2v) is 6.27. The molecule has 0 spiro atoms. The molecule has 0 heterocycles. The Morgan fingerprint density at radius 2 is 2.09 bits per heavy atom. The van der Waals surface area contributed by atoms with Crippen LogP contribution in [0.4, 0.5) is 0 Å². The lowest BCUT2D eigenvalue weighted by Gasteiger charge is -2.15. The Balaban J connectivity index is 2.43. The number of hydrogen-bond acceptors (Lipinski definition) is 4. The zero-order chi connectivity index (χ0) is 15.9. The van der Waals surface area contributed by atoms with E-state index >= 15 is 0 Å². The van der Waals surface area contributed by atoms with E-state index in [2.05, 4.69) is 24.4 Å². The first-order valence-electron chi connectivity index (χ1n) is 6.96. The van der Waals surface area contributed by atoms with Gasteiger partial charge in [-0.25, -0.2) is 0 Å². The molecule has 0 fully saturated rings. The first-order chi connectivity index (χ1) is 10.7. The summed E-state index contributed by atoms with van der Waals surface area (Å²) in [6.07, 6.45) is 0. The average molecular weight is 333 g/mol. The lowest BCUT2D eigenvalue weighted by atomic mass is 10.2. The number of nitrogens with zero attached hydrogens (tertiary/aromatic N) is 1. The lowest BCUT2D eigenvalue weighted by Crippen LogP contribution is -2.06. The molecule has 0 aromatic heterocycles. The van der Waals surface area contributed by atoms with Gasteiger partial charge in [0.25, 0.3) is 0 Å². The van der Waals surface area contributed by atoms with Crippen LogP contribution in [0.3, 0.4) is 0 Å². The van der Waals surface area contributed by atoms with Gasteiger partial charge in [-0.3, -0.25) is 0 Å². The van der Waals surface area contributed by atoms with Gasteiger partial charge >= 0.3 is 0 Å². The van der Waals surface area contributed by atoms with Crippen LogP contribution in [0, 0.1) is 11.3 Å². The highest BCUT2D eigenvalue weighted by molar-refractivity contribution is 7.99. The molecular formula is C17H17ClN2OS. The molecule has 0 unspecified atom stereocenters. The number of nitriles is 1. The largest absolute Gasteiger partial charge is 0.455 e. The lowest BCUT2D eigenvalue weighted by molar-refractivity contribution is 0.467. The SMILES string of the molecule is CCSc1c(CNC)cccc1Oc1cc(Cl)ccc1C#N. The van der Waals surface area contributed by atoms with Crippen molar-refractivity contribution in [3.63, 3.8) is 0 Å². The molecule has 3 nitrogen and oxygen atoms in total. The molecule has 5 heteroatoms. The van der Waals surface area contributed by atoms with Crippen LogP contribution < -0.4 is 10.1 Å². The summed E-state index contributed by atoms with van der Waals surface area (Å²) in [7, 11) is 1.92. The normalized spacial score (nSPS) is 10.3. The van der Waals surface area contributed by atoms with Crippen LogP contribution in [0.15, 0.2) is 41.3 Å². The maximum atomic E-state index is 9.21. The quantitative estimate of drug-likeness (QED) is 0.769. The van der Waals surface area contributed by atoms with E-state index in [0.717, 1.165) is 22.9 Å². The molecule has 0 aliphatic carbocycles. The molecule has 2 aromatic rings. The van der Waals surface area contributed by atoms with Crippen molar-refractivity contribution in [2.24, 2.45) is 0 Å². The highest BCUT2D eigenvalue weighted by Gasteiger charge is 2.12. The minimum Gasteiger partial charge on any atom is -0.455 e. The maximum absolute atomic E-state index is 9.21. The minimum atomic E-state index is 0.468. The fourth-order valence-corrected chi connectivity index (χ4v) is 3.10. The van der Waals surface area contributed by atoms with Crippen molar-refractivity contribution in [1.29, 1.82) is 5.26 Å². The zero-order valence-electron chi connectivity index (χ0n) is 12.5. The van der Waals surface area contributed by atoms with E-state index in [4.69, 9.17) is 16.3 Å². The van der Waals surface area contributed by atoms with Gasteiger partial charge in [0.1, 0.15) is 17.6 Å². The van der Waals surface area contributed by atoms with Gasteiger partial charge in [-0.15, -0.1) is 11.8 Å². The summed E-state index contributed by atoms with van der Waals surface area (Å²) in [6, 6.07) is 13.1. The molecule has 1 N–H and O–H groups in total. The molecule has 0 saturated carbocycles. The van der Waals surface area contributed by atoms with Gasteiger partial charge < -0.3 is 10.1 Å². The molecule has 0 saturated heterocycles. The van der Waals surface area contributed by atoms with Crippen LogP contribution in [0.2, 0.25) is 5.02 Å². The third-order valence-electron chi connectivity index (χ3n) is 3.00. The van der Waals surface area contributed by atoms with Crippen LogP contribution in [-0.4, -0.2) is 12.8 Å². The molecule has 22 heavy (non-hydrogen) atoms. The number of hydrogen-bond donors (Lipinski definition) is 1. The van der Waals surface area contributed by atoms with E-state index in [9.17, 15) is 5.26 Å². The molecule has 0 aliphatic heterocycles. The topological polar surface area (TPSA) is 45.0 Å². The predicted octanol–water partition coefficient (Wildman–Crippen LogP) is 4.84. The zero-order valence-corrected chi connectivity index (χ0v) is 14.1. The van der Waals surface area contributed by atoms with E-state index in [1.165, 1.54) is 5.56 Å². The Kier molecular flexibility index (Phi) is 6.14. The Hall–Kier alpha value is -1.67. The second-order valence-electron chi connectivity index (χ2n) is 4.56. The van der Waals surface area contributed by atoms with Crippen molar-refractivity contribution >= 4 is 23.4 Å². The Morgan fingerprint density at radius 3 is 2.77 bits per heavy atom. The van der Waals surface area contributed by atoms with Crippen molar-refractivity contribution in [1.82, 2.24) is 5.32 Å². The van der Waals surface area contributed by atoms with Gasteiger partial charge in [-0.2, -0.15) is 5.26 Å². The number of ether oxygens (including phenoxy) is 1. The molecule has 0 atom stereocenters. The first-order valence-corrected chi connectivity index (χ1v) is 8.32. The number of thioether (sulfide) groups is 1. The first kappa shape index (κ1) is 16.7. The third kappa shape index (κ3) is 3.95. The number of nitrogens with one attached hydrogen (secondary N) is 1. The van der Waals surface area contributed by atoms with Gasteiger partial charge in [0.05, 0.1) is 10.5 Å². The summed E-state index contributed by atoms with van der Waals surface area (Å²) in [6.45, 7) is 2.87. The van der Waals surface area contributed by atoms with Crippen molar-refractivity contribution < 1.29 is 4.74 Å². The Bertz CT molecular complexity index is 698. The van der Waals surface area contributed by atoms with E-state index in [-0.39, 0.29) is 0 Å². The van der Waals surface area contributed by atoms with Crippen LogP contribution in [-0.2, 0) is 6.54 Å². The van der Waals surface area contributed by atoms with Crippen LogP contribution in [0.25, 0.3) is 0 Å². The van der Waals surface area contributed by atoms with Gasteiger partial charge in [-0.05, 0) is 36.6 Å². The molecule has 2 rings (SSSR count). The van der Waals surface area contributed by atoms with Crippen LogP contribution in [0.5, 0.6) is 11.5 Å². The minimum absolute atomic E-state index is 0.468. The van der Waals surface area contributed by atoms with Gasteiger partial charge in [-0.1, -0.05) is 30.7 Å². The van der Waals surface area contributed by atoms with Crippen molar-refractivity contribution in [2.45, 2.75) is 18.4 Å². The van der Waals surface area contributed by atoms with Gasteiger partial charge in [0.15, 0.2) is 0 Å². The van der Waals surface area contributed by atoms with E-state index in [0.29, 0.717) is 16.3 Å². The van der Waals surface area contributed by atoms with E-state index in [1.54, 1.807) is 30.0 Å². The summed E-state index contributed by atoms with van der Waals surface area (Å²) in [5.41, 5.74) is 1.64. The fraction of sp³-hybridized carbons (Fsp3) is 0.235. The standard InChI is InChI=1S/C17H17ClN2OS/c1-3-22-17-13(11-20-2)5-4-6-15(17)21-16-9-14(18)8-7-12(16)10-19/h4-9,20H,3,11H2,1-2H3. The monoisotopic (exact) mass is 332 g/mol. The smallest absolute Gasteiger partial charge is 0.146 e. The van der Waals surface area contributed by atoms with E-state index in [1.807, 2.05) is 19.2 Å². The molecule has 0 bridgehead atoms. The average Bonchev–Trinajstić information content (AvgIpc) is 2.51. The molecule has 114 valence electrons. The fourth-order valence-electron chi connectivity index (χ4n) is 2.07. The van der Waals surface area contributed by atoms with Crippen molar-refractivity contribution in [3.05, 3.63) is 52.5 Å². The predicted molar refractivity (Wildman–Crippen MR) is 91.8 cm³/mol. The summed E-state index contributed by atoms with van der Waals surface area (Å²) in [5, 5.41) is 12.9. The van der Waals surface area contributed by atoms with Gasteiger partial charge in [0, 0.05) is 17.6 Å². The Morgan fingerprint density at radius 1 is 1.27 bits per heavy atom. The summed E-state index contributed by atoms with van der Waals surface area (Å²) < 4.78 is 6.00. The summed E-state index contributed by atoms with van der Waals surface area (Å²) in [4.78, 5) is 1.09. The van der Waals surface area contributed by atoms with E-state index < -0.39 is 0 Å². The summed E-state index contributed by atoms with van der Waals surface area (Å²) in [5.74, 6) is 2.17. The third-order valence-corrected chi connectivity index (χ3v) is 4.28. The molecular weight excluding hydrogens is 316 g/mol. The summed E-state index contributed by atoms with van der Waals surface area (Å²) >= 11 is 7.74. The van der Waals surface area contributed by atoms with Crippen molar-refractivity contribution in [2.75, 3.05) is 12.8 Å². The number of benzene rings is 2. The van der Waals surface area contributed by atoms with Crippen molar-refractivity contribution in [3.8, 4) is 17.6 Å².